The highest BCUT2D eigenvalue weighted by atomic mass is 79.9. The molecule has 0 atom stereocenters. The van der Waals surface area contributed by atoms with Crippen LogP contribution in [0, 0.1) is 6.92 Å². The van der Waals surface area contributed by atoms with Crippen molar-refractivity contribution in [1.82, 2.24) is 31.9 Å². The fourth-order valence-electron chi connectivity index (χ4n) is 4.49. The number of halogens is 5. The van der Waals surface area contributed by atoms with Crippen LogP contribution in [0.5, 0.6) is 5.75 Å². The highest BCUT2D eigenvalue weighted by molar-refractivity contribution is 9.10. The van der Waals surface area contributed by atoms with Crippen LogP contribution in [0.25, 0.3) is 0 Å². The van der Waals surface area contributed by atoms with Crippen LogP contribution in [0.4, 0.5) is 8.78 Å². The molecule has 252 valence electrons. The number of ether oxygens (including phenoxy) is 1. The zero-order chi connectivity index (χ0) is 33.4. The number of para-hydroxylation sites is 1. The van der Waals surface area contributed by atoms with E-state index in [0.717, 1.165) is 66.2 Å². The number of aryl methyl sites for hydroxylation is 1. The highest BCUT2D eigenvalue weighted by Gasteiger charge is 2.14. The maximum atomic E-state index is 12.3. The maximum absolute atomic E-state index is 12.3. The quantitative estimate of drug-likeness (QED) is 0.188. The first-order chi connectivity index (χ1) is 22.8. The van der Waals surface area contributed by atoms with Crippen molar-refractivity contribution in [3.8, 4) is 5.75 Å². The monoisotopic (exact) mass is 751 g/mol. The fraction of sp³-hybridized carbons (Fsp3) is 0.344. The van der Waals surface area contributed by atoms with Crippen LogP contribution >= 0.6 is 39.1 Å². The summed E-state index contributed by atoms with van der Waals surface area (Å²) in [6, 6.07) is 19.1. The molecule has 0 radical (unpaired) electrons. The third-order valence-electron chi connectivity index (χ3n) is 6.91. The van der Waals surface area contributed by atoms with Crippen LogP contribution in [-0.2, 0) is 19.6 Å². The number of aliphatic imine (C=N–C) groups is 3. The van der Waals surface area contributed by atoms with Crippen molar-refractivity contribution >= 4 is 57.0 Å². The van der Waals surface area contributed by atoms with Gasteiger partial charge in [0.25, 0.3) is 0 Å². The molecule has 6 rings (SSSR count). The molecule has 0 saturated heterocycles. The molecule has 0 aliphatic carbocycles. The van der Waals surface area contributed by atoms with Gasteiger partial charge in [-0.25, -0.2) is 0 Å². The van der Waals surface area contributed by atoms with Crippen LogP contribution < -0.4 is 36.6 Å². The summed E-state index contributed by atoms with van der Waals surface area (Å²) in [6.45, 7) is 6.19. The van der Waals surface area contributed by atoms with E-state index in [1.54, 1.807) is 12.1 Å². The molecule has 0 aromatic heterocycles. The summed E-state index contributed by atoms with van der Waals surface area (Å²) in [5.41, 5.74) is 4.32. The van der Waals surface area contributed by atoms with E-state index in [1.807, 2.05) is 18.2 Å². The molecule has 0 spiro atoms. The molecule has 0 saturated carbocycles. The van der Waals surface area contributed by atoms with E-state index in [9.17, 15) is 8.78 Å². The Morgan fingerprint density at radius 1 is 0.702 bits per heavy atom. The highest BCUT2D eigenvalue weighted by Crippen LogP contribution is 2.30. The number of benzene rings is 3. The van der Waals surface area contributed by atoms with Gasteiger partial charge in [0, 0.05) is 49.3 Å². The summed E-state index contributed by atoms with van der Waals surface area (Å²) in [6.07, 6.45) is 0. The lowest BCUT2D eigenvalue weighted by Crippen LogP contribution is -2.33. The fourth-order valence-corrected chi connectivity index (χ4v) is 5.33. The lowest BCUT2D eigenvalue weighted by Gasteiger charge is -2.13. The van der Waals surface area contributed by atoms with E-state index < -0.39 is 6.61 Å². The minimum atomic E-state index is -2.90. The van der Waals surface area contributed by atoms with E-state index in [-0.39, 0.29) is 10.8 Å². The molecule has 47 heavy (non-hydrogen) atoms. The molecule has 15 heteroatoms. The second kappa shape index (κ2) is 19.1. The van der Waals surface area contributed by atoms with Gasteiger partial charge in [0.05, 0.1) is 29.7 Å². The molecular weight excluding hydrogens is 715 g/mol. The first-order valence-corrected chi connectivity index (χ1v) is 16.6. The summed E-state index contributed by atoms with van der Waals surface area (Å²) in [7, 11) is 0. The average molecular weight is 754 g/mol. The van der Waals surface area contributed by atoms with Gasteiger partial charge >= 0.3 is 6.61 Å². The van der Waals surface area contributed by atoms with Gasteiger partial charge < -0.3 is 36.6 Å². The Morgan fingerprint density at radius 2 is 1.17 bits per heavy atom. The molecule has 0 amide bonds. The second-order valence-corrected chi connectivity index (χ2v) is 11.9. The van der Waals surface area contributed by atoms with Crippen molar-refractivity contribution in [3.63, 3.8) is 0 Å². The van der Waals surface area contributed by atoms with Crippen LogP contribution in [0.15, 0.2) is 80.1 Å². The van der Waals surface area contributed by atoms with E-state index in [4.69, 9.17) is 23.2 Å². The van der Waals surface area contributed by atoms with Crippen LogP contribution in [0.3, 0.4) is 0 Å². The summed E-state index contributed by atoms with van der Waals surface area (Å²) >= 11 is 15.3. The van der Waals surface area contributed by atoms with Gasteiger partial charge in [0.1, 0.15) is 5.75 Å². The average Bonchev–Trinajstić information content (AvgIpc) is 3.87. The van der Waals surface area contributed by atoms with Gasteiger partial charge in [0.15, 0.2) is 17.9 Å². The number of nitrogens with zero attached hydrogens (tertiary/aromatic N) is 3. The topological polar surface area (TPSA) is 118 Å². The Labute approximate surface area is 292 Å². The third kappa shape index (κ3) is 12.1. The molecule has 0 fully saturated rings. The van der Waals surface area contributed by atoms with E-state index in [1.165, 1.54) is 17.2 Å². The van der Waals surface area contributed by atoms with Gasteiger partial charge in [-0.1, -0.05) is 71.7 Å². The molecular formula is C32H38BrCl2F2N9O. The summed E-state index contributed by atoms with van der Waals surface area (Å²) in [4.78, 5) is 12.7. The first kappa shape index (κ1) is 36.0. The van der Waals surface area contributed by atoms with Gasteiger partial charge in [-0.3, -0.25) is 15.0 Å². The maximum Gasteiger partial charge on any atom is 0.387 e. The minimum Gasteiger partial charge on any atom is -0.433 e. The first-order valence-electron chi connectivity index (χ1n) is 15.1. The molecule has 3 aliphatic heterocycles. The predicted octanol–water partition coefficient (Wildman–Crippen LogP) is 5.19. The smallest absolute Gasteiger partial charge is 0.387 e. The van der Waals surface area contributed by atoms with Crippen molar-refractivity contribution in [2.24, 2.45) is 15.0 Å². The van der Waals surface area contributed by atoms with Crippen molar-refractivity contribution in [1.29, 1.82) is 0 Å². The Bertz CT molecular complexity index is 1560. The predicted molar refractivity (Wildman–Crippen MR) is 190 cm³/mol. The number of hydrogen-bond acceptors (Lipinski definition) is 10. The van der Waals surface area contributed by atoms with Crippen LogP contribution in [0.2, 0.25) is 10.0 Å². The van der Waals surface area contributed by atoms with Gasteiger partial charge in [0.2, 0.25) is 0 Å². The Balaban J connectivity index is 0.000000161. The Kier molecular flexibility index (Phi) is 14.7. The van der Waals surface area contributed by atoms with Crippen molar-refractivity contribution in [3.05, 3.63) is 97.4 Å². The van der Waals surface area contributed by atoms with Gasteiger partial charge in [-0.2, -0.15) is 8.78 Å². The Morgan fingerprint density at radius 3 is 1.68 bits per heavy atom. The second-order valence-electron chi connectivity index (χ2n) is 10.3. The van der Waals surface area contributed by atoms with E-state index in [2.05, 4.69) is 98.7 Å². The van der Waals surface area contributed by atoms with E-state index >= 15 is 0 Å². The lowest BCUT2D eigenvalue weighted by molar-refractivity contribution is -0.0504. The molecule has 6 N–H and O–H groups in total. The molecule has 3 aliphatic rings. The zero-order valence-electron chi connectivity index (χ0n) is 25.9. The molecule has 10 nitrogen and oxygen atoms in total. The number of rotatable bonds is 8. The largest absolute Gasteiger partial charge is 0.433 e. The van der Waals surface area contributed by atoms with E-state index in [0.29, 0.717) is 31.2 Å². The zero-order valence-corrected chi connectivity index (χ0v) is 29.0. The summed E-state index contributed by atoms with van der Waals surface area (Å²) in [5.74, 6) is 2.44. The Hall–Kier alpha value is -3.81. The molecule has 0 unspecified atom stereocenters. The molecule has 3 aromatic rings. The van der Waals surface area contributed by atoms with Crippen molar-refractivity contribution < 1.29 is 13.5 Å². The number of guanidine groups is 3. The van der Waals surface area contributed by atoms with Crippen molar-refractivity contribution in [2.45, 2.75) is 33.2 Å². The molecule has 0 bridgehead atoms. The van der Waals surface area contributed by atoms with Gasteiger partial charge in [-0.05, 0) is 51.7 Å². The third-order valence-corrected chi connectivity index (χ3v) is 8.69. The number of nitrogens with one attached hydrogen (secondary N) is 6. The normalized spacial score (nSPS) is 14.6. The standard InChI is InChI=1S/C11H12ClF2N3O.C11H15N3.C10H11BrClN3/c12-8-3-1-2-7(9(8)18-10(13)14)6-17-11-15-4-5-16-11;1-9-4-2-3-5-10(9)8-14-11-12-6-7-13-11;11-9-7(2-1-3-8(9)12)6-15-10-13-4-5-14-10/h1-3,10H,4-6H2,(H2,15,16,17);2-5H,6-8H2,1H3,(H2,12,13,14);1-3H,4-6H2,(H2,13,14,15). The SMILES string of the molecule is Cc1ccccc1CNC1=NCCN1.Clc1cccc(CNC2=NCCN2)c1Br.FC(F)Oc1c(Cl)cccc1CNC1=NCCN1. The summed E-state index contributed by atoms with van der Waals surface area (Å²) in [5, 5.41) is 19.7. The van der Waals surface area contributed by atoms with Gasteiger partial charge in [-0.15, -0.1) is 0 Å². The molecule has 3 heterocycles. The van der Waals surface area contributed by atoms with Crippen LogP contribution in [-0.4, -0.2) is 63.8 Å². The number of hydrogen-bond donors (Lipinski definition) is 6. The number of alkyl halides is 2. The van der Waals surface area contributed by atoms with Crippen molar-refractivity contribution in [2.75, 3.05) is 39.3 Å². The van der Waals surface area contributed by atoms with Crippen LogP contribution in [0.1, 0.15) is 22.3 Å². The lowest BCUT2D eigenvalue weighted by atomic mass is 10.1. The molecule has 3 aromatic carbocycles. The summed E-state index contributed by atoms with van der Waals surface area (Å²) < 4.78 is 29.9. The minimum absolute atomic E-state index is 0.000244.